The predicted octanol–water partition coefficient (Wildman–Crippen LogP) is 2.86. The van der Waals surface area contributed by atoms with Crippen LogP contribution in [0.4, 0.5) is 0 Å². The van der Waals surface area contributed by atoms with Crippen molar-refractivity contribution in [1.82, 2.24) is 9.97 Å². The Morgan fingerprint density at radius 2 is 2.05 bits per heavy atom. The molecule has 0 saturated heterocycles. The molecule has 19 heavy (non-hydrogen) atoms. The normalized spacial score (nSPS) is 10.2. The van der Waals surface area contributed by atoms with Crippen LogP contribution < -0.4 is 0 Å². The summed E-state index contributed by atoms with van der Waals surface area (Å²) in [5.41, 5.74) is 2.75. The molecule has 0 saturated carbocycles. The van der Waals surface area contributed by atoms with Gasteiger partial charge in [0.15, 0.2) is 5.69 Å². The molecule has 2 rings (SSSR count). The summed E-state index contributed by atoms with van der Waals surface area (Å²) in [7, 11) is 1.32. The predicted molar refractivity (Wildman–Crippen MR) is 74.1 cm³/mol. The average Bonchev–Trinajstić information content (AvgIpc) is 2.46. The van der Waals surface area contributed by atoms with Crippen LogP contribution in [-0.2, 0) is 10.5 Å². The van der Waals surface area contributed by atoms with Gasteiger partial charge in [-0.2, -0.15) is 0 Å². The van der Waals surface area contributed by atoms with Crippen LogP contribution in [0.2, 0.25) is 0 Å². The molecule has 0 aliphatic carbocycles. The molecule has 0 N–H and O–H groups in total. The van der Waals surface area contributed by atoms with E-state index in [2.05, 4.69) is 33.8 Å². The van der Waals surface area contributed by atoms with Crippen LogP contribution in [0.1, 0.15) is 21.6 Å². The zero-order valence-corrected chi connectivity index (χ0v) is 11.6. The number of carbonyl (C=O) groups is 1. The first-order chi connectivity index (χ1) is 9.20. The highest BCUT2D eigenvalue weighted by Crippen LogP contribution is 2.21. The Morgan fingerprint density at radius 3 is 2.68 bits per heavy atom. The lowest BCUT2D eigenvalue weighted by Crippen LogP contribution is -2.04. The molecule has 0 fully saturated rings. The van der Waals surface area contributed by atoms with E-state index in [9.17, 15) is 4.79 Å². The van der Waals surface area contributed by atoms with Crippen molar-refractivity contribution in [2.24, 2.45) is 0 Å². The molecular weight excluding hydrogens is 260 g/mol. The van der Waals surface area contributed by atoms with Gasteiger partial charge in [-0.25, -0.2) is 14.8 Å². The van der Waals surface area contributed by atoms with E-state index in [0.717, 1.165) is 10.8 Å². The average molecular weight is 274 g/mol. The second-order valence-corrected chi connectivity index (χ2v) is 4.94. The van der Waals surface area contributed by atoms with Gasteiger partial charge in [-0.05, 0) is 18.1 Å². The highest BCUT2D eigenvalue weighted by atomic mass is 32.2. The van der Waals surface area contributed by atoms with E-state index in [1.54, 1.807) is 18.0 Å². The molecule has 1 aromatic heterocycles. The molecule has 0 spiro atoms. The van der Waals surface area contributed by atoms with Crippen molar-refractivity contribution >= 4 is 17.7 Å². The molecule has 1 heterocycles. The zero-order chi connectivity index (χ0) is 13.7. The number of benzene rings is 1. The number of hydrogen-bond acceptors (Lipinski definition) is 5. The Bertz CT molecular complexity index is 570. The van der Waals surface area contributed by atoms with E-state index in [4.69, 9.17) is 0 Å². The number of methoxy groups -OCH3 is 1. The maximum Gasteiger partial charge on any atom is 0.358 e. The number of carbonyl (C=O) groups excluding carboxylic acids is 1. The largest absolute Gasteiger partial charge is 0.464 e. The van der Waals surface area contributed by atoms with Gasteiger partial charge in [-0.15, -0.1) is 11.8 Å². The van der Waals surface area contributed by atoms with E-state index in [1.807, 2.05) is 12.1 Å². The number of esters is 1. The van der Waals surface area contributed by atoms with Crippen LogP contribution in [0.25, 0.3) is 0 Å². The van der Waals surface area contributed by atoms with Crippen LogP contribution in [0, 0.1) is 6.92 Å². The number of nitrogens with zero attached hydrogens (tertiary/aromatic N) is 2. The summed E-state index contributed by atoms with van der Waals surface area (Å²) >= 11 is 1.59. The number of aryl methyl sites for hydroxylation is 1. The van der Waals surface area contributed by atoms with Gasteiger partial charge in [0.1, 0.15) is 5.03 Å². The van der Waals surface area contributed by atoms with Crippen molar-refractivity contribution in [1.29, 1.82) is 0 Å². The standard InChI is InChI=1S/C14H14N2O2S/c1-10-5-3-4-6-11(10)9-19-13-8-15-12(7-16-13)14(17)18-2/h3-8H,9H2,1-2H3. The first-order valence-corrected chi connectivity index (χ1v) is 6.77. The minimum absolute atomic E-state index is 0.225. The van der Waals surface area contributed by atoms with Crippen molar-refractivity contribution < 1.29 is 9.53 Å². The van der Waals surface area contributed by atoms with E-state index in [1.165, 1.54) is 24.4 Å². The summed E-state index contributed by atoms with van der Waals surface area (Å²) in [6, 6.07) is 8.23. The second kappa shape index (κ2) is 6.33. The van der Waals surface area contributed by atoms with Crippen LogP contribution in [0.5, 0.6) is 0 Å². The highest BCUT2D eigenvalue weighted by Gasteiger charge is 2.07. The first-order valence-electron chi connectivity index (χ1n) is 5.78. The van der Waals surface area contributed by atoms with Gasteiger partial charge in [0, 0.05) is 5.75 Å². The van der Waals surface area contributed by atoms with Crippen molar-refractivity contribution in [3.05, 3.63) is 53.5 Å². The lowest BCUT2D eigenvalue weighted by molar-refractivity contribution is 0.0593. The van der Waals surface area contributed by atoms with Gasteiger partial charge in [-0.1, -0.05) is 24.3 Å². The third kappa shape index (κ3) is 3.54. The molecule has 0 amide bonds. The Labute approximate surface area is 116 Å². The van der Waals surface area contributed by atoms with Crippen molar-refractivity contribution in [2.75, 3.05) is 7.11 Å². The van der Waals surface area contributed by atoms with Gasteiger partial charge in [-0.3, -0.25) is 0 Å². The molecule has 0 radical (unpaired) electrons. The number of rotatable bonds is 4. The fourth-order valence-corrected chi connectivity index (χ4v) is 2.41. The fourth-order valence-electron chi connectivity index (χ4n) is 1.52. The lowest BCUT2D eigenvalue weighted by atomic mass is 10.1. The monoisotopic (exact) mass is 274 g/mol. The summed E-state index contributed by atoms with van der Waals surface area (Å²) in [6.07, 6.45) is 3.03. The van der Waals surface area contributed by atoms with Crippen molar-refractivity contribution in [3.8, 4) is 0 Å². The quantitative estimate of drug-likeness (QED) is 0.634. The molecule has 1 aromatic carbocycles. The Morgan fingerprint density at radius 1 is 1.26 bits per heavy atom. The highest BCUT2D eigenvalue weighted by molar-refractivity contribution is 7.98. The third-order valence-corrected chi connectivity index (χ3v) is 3.62. The molecule has 0 aliphatic heterocycles. The van der Waals surface area contributed by atoms with Gasteiger partial charge in [0.05, 0.1) is 19.5 Å². The SMILES string of the molecule is COC(=O)c1cnc(SCc2ccccc2C)cn1. The molecule has 4 nitrogen and oxygen atoms in total. The third-order valence-electron chi connectivity index (χ3n) is 2.66. The lowest BCUT2D eigenvalue weighted by Gasteiger charge is -2.04. The Kier molecular flexibility index (Phi) is 4.52. The van der Waals surface area contributed by atoms with E-state index >= 15 is 0 Å². The van der Waals surface area contributed by atoms with Crippen LogP contribution >= 0.6 is 11.8 Å². The topological polar surface area (TPSA) is 52.1 Å². The fraction of sp³-hybridized carbons (Fsp3) is 0.214. The minimum Gasteiger partial charge on any atom is -0.464 e. The molecule has 98 valence electrons. The van der Waals surface area contributed by atoms with Crippen LogP contribution in [-0.4, -0.2) is 23.0 Å². The minimum atomic E-state index is -0.469. The second-order valence-electron chi connectivity index (χ2n) is 3.95. The van der Waals surface area contributed by atoms with Gasteiger partial charge in [0.2, 0.25) is 0 Å². The molecule has 0 unspecified atom stereocenters. The number of thioether (sulfide) groups is 1. The summed E-state index contributed by atoms with van der Waals surface area (Å²) in [6.45, 7) is 2.09. The molecule has 2 aromatic rings. The summed E-state index contributed by atoms with van der Waals surface area (Å²) < 4.78 is 4.57. The Hall–Kier alpha value is -1.88. The molecule has 0 bridgehead atoms. The zero-order valence-electron chi connectivity index (χ0n) is 10.8. The van der Waals surface area contributed by atoms with Crippen LogP contribution in [0.15, 0.2) is 41.7 Å². The van der Waals surface area contributed by atoms with Crippen molar-refractivity contribution in [2.45, 2.75) is 17.7 Å². The summed E-state index contributed by atoms with van der Waals surface area (Å²) in [4.78, 5) is 19.4. The number of aromatic nitrogens is 2. The van der Waals surface area contributed by atoms with E-state index in [0.29, 0.717) is 0 Å². The molecular formula is C14H14N2O2S. The van der Waals surface area contributed by atoms with Gasteiger partial charge >= 0.3 is 5.97 Å². The number of hydrogen-bond donors (Lipinski definition) is 0. The van der Waals surface area contributed by atoms with E-state index in [-0.39, 0.29) is 5.69 Å². The first kappa shape index (κ1) is 13.5. The van der Waals surface area contributed by atoms with Gasteiger partial charge in [0.25, 0.3) is 0 Å². The van der Waals surface area contributed by atoms with E-state index < -0.39 is 5.97 Å². The van der Waals surface area contributed by atoms with Crippen molar-refractivity contribution in [3.63, 3.8) is 0 Å². The molecule has 0 aliphatic rings. The van der Waals surface area contributed by atoms with Crippen LogP contribution in [0.3, 0.4) is 0 Å². The summed E-state index contributed by atoms with van der Waals surface area (Å²) in [5, 5.41) is 0.788. The van der Waals surface area contributed by atoms with Gasteiger partial charge < -0.3 is 4.74 Å². The maximum absolute atomic E-state index is 11.2. The smallest absolute Gasteiger partial charge is 0.358 e. The molecule has 5 heteroatoms. The number of ether oxygens (including phenoxy) is 1. The maximum atomic E-state index is 11.2. The molecule has 0 atom stereocenters. The Balaban J connectivity index is 2.01. The summed E-state index contributed by atoms with van der Waals surface area (Å²) in [5.74, 6) is 0.363.